The van der Waals surface area contributed by atoms with Crippen LogP contribution in [-0.4, -0.2) is 6.71 Å². The van der Waals surface area contributed by atoms with Crippen LogP contribution in [0.25, 0.3) is 22.3 Å². The van der Waals surface area contributed by atoms with Crippen LogP contribution < -0.4 is 26.2 Å². The van der Waals surface area contributed by atoms with Crippen LogP contribution in [0.15, 0.2) is 158 Å². The van der Waals surface area contributed by atoms with Crippen LogP contribution in [-0.2, 0) is 43.3 Å². The summed E-state index contributed by atoms with van der Waals surface area (Å²) in [4.78, 5) is 5.46. The Balaban J connectivity index is 1.18. The molecule has 2 heterocycles. The molecule has 3 heteroatoms. The van der Waals surface area contributed by atoms with Crippen molar-refractivity contribution in [1.29, 1.82) is 0 Å². The highest BCUT2D eigenvalue weighted by Gasteiger charge is 2.48. The molecule has 0 spiro atoms. The molecule has 0 fully saturated rings. The second-order valence-corrected chi connectivity index (χ2v) is 31.7. The van der Waals surface area contributed by atoms with Crippen molar-refractivity contribution >= 4 is 57.2 Å². The molecular weight excluding hydrogens is 988 g/mol. The Hall–Kier alpha value is -6.58. The fourth-order valence-electron chi connectivity index (χ4n) is 14.6. The van der Waals surface area contributed by atoms with Gasteiger partial charge in [-0.05, 0) is 195 Å². The van der Waals surface area contributed by atoms with Crippen molar-refractivity contribution in [2.75, 3.05) is 9.80 Å². The fourth-order valence-corrected chi connectivity index (χ4v) is 14.6. The molecule has 8 aromatic carbocycles. The summed E-state index contributed by atoms with van der Waals surface area (Å²) in [7, 11) is 0. The molecule has 0 N–H and O–H groups in total. The number of hydrogen-bond donors (Lipinski definition) is 0. The molecule has 82 heavy (non-hydrogen) atoms. The van der Waals surface area contributed by atoms with Gasteiger partial charge in [0.2, 0.25) is 0 Å². The third kappa shape index (κ3) is 9.22. The van der Waals surface area contributed by atoms with Gasteiger partial charge in [-0.15, -0.1) is 0 Å². The van der Waals surface area contributed by atoms with Gasteiger partial charge in [0.25, 0.3) is 6.71 Å². The Labute approximate surface area is 494 Å². The molecule has 0 saturated heterocycles. The number of nitrogens with zero attached hydrogens (tertiary/aromatic N) is 2. The van der Waals surface area contributed by atoms with Crippen molar-refractivity contribution in [3.05, 3.63) is 208 Å². The van der Waals surface area contributed by atoms with Gasteiger partial charge in [-0.25, -0.2) is 0 Å². The van der Waals surface area contributed by atoms with Gasteiger partial charge < -0.3 is 9.80 Å². The Morgan fingerprint density at radius 2 is 0.793 bits per heavy atom. The summed E-state index contributed by atoms with van der Waals surface area (Å²) in [6, 6.07) is 63.0. The Morgan fingerprint density at radius 3 is 1.37 bits per heavy atom. The van der Waals surface area contributed by atoms with Gasteiger partial charge in [0, 0.05) is 39.4 Å². The maximum absolute atomic E-state index is 2.74. The van der Waals surface area contributed by atoms with E-state index in [2.05, 4.69) is 299 Å². The number of rotatable bonds is 6. The highest BCUT2D eigenvalue weighted by atomic mass is 15.2. The Kier molecular flexibility index (Phi) is 12.8. The topological polar surface area (TPSA) is 6.48 Å². The molecule has 0 aromatic heterocycles. The molecule has 12 rings (SSSR count). The van der Waals surface area contributed by atoms with E-state index in [1.165, 1.54) is 136 Å². The smallest absolute Gasteiger partial charge is 0.252 e. The lowest BCUT2D eigenvalue weighted by molar-refractivity contribution is 0.332. The third-order valence-corrected chi connectivity index (χ3v) is 20.6. The molecule has 0 saturated carbocycles. The minimum Gasteiger partial charge on any atom is -0.311 e. The monoisotopic (exact) mass is 1080 g/mol. The molecule has 0 atom stereocenters. The molecule has 2 nitrogen and oxygen atoms in total. The van der Waals surface area contributed by atoms with Crippen molar-refractivity contribution < 1.29 is 0 Å². The lowest BCUT2D eigenvalue weighted by Crippen LogP contribution is -2.62. The van der Waals surface area contributed by atoms with E-state index in [0.29, 0.717) is 0 Å². The van der Waals surface area contributed by atoms with E-state index in [1.807, 2.05) is 0 Å². The lowest BCUT2D eigenvalue weighted by atomic mass is 9.33. The van der Waals surface area contributed by atoms with E-state index >= 15 is 0 Å². The standard InChI is InChI=1S/C79H91BN2/c1-72(2,3)53-31-29-51(30-32-53)50-25-27-52(28-26-50)59-43-55(73(4,5)6)34-38-66(59)82-67-44-56(79(18,19)54-23-21-20-22-24-54)33-37-64(67)80-65-48-62-63(78(16,17)42-41-77(62,14)15)49-68(65)81(69-45-57(74(7,8)9)46-70(82)71(69)80)58-35-36-60-61(47-58)76(12,13)40-39-75(60,10)11/h20-38,43-49H,39-42H2,1-19H3. The summed E-state index contributed by atoms with van der Waals surface area (Å²) in [5.41, 5.74) is 29.0. The lowest BCUT2D eigenvalue weighted by Gasteiger charge is -2.48. The molecule has 2 aliphatic heterocycles. The highest BCUT2D eigenvalue weighted by molar-refractivity contribution is 7.00. The van der Waals surface area contributed by atoms with Gasteiger partial charge in [-0.2, -0.15) is 0 Å². The predicted molar refractivity (Wildman–Crippen MR) is 357 cm³/mol. The maximum atomic E-state index is 2.74. The van der Waals surface area contributed by atoms with Gasteiger partial charge in [0.1, 0.15) is 0 Å². The maximum Gasteiger partial charge on any atom is 0.252 e. The molecule has 0 bridgehead atoms. The van der Waals surface area contributed by atoms with E-state index in [-0.39, 0.29) is 50.0 Å². The van der Waals surface area contributed by atoms with E-state index < -0.39 is 0 Å². The second kappa shape index (κ2) is 18.7. The molecule has 4 aliphatic rings. The van der Waals surface area contributed by atoms with Crippen molar-refractivity contribution in [1.82, 2.24) is 0 Å². The van der Waals surface area contributed by atoms with Crippen LogP contribution >= 0.6 is 0 Å². The van der Waals surface area contributed by atoms with Gasteiger partial charge in [0.15, 0.2) is 0 Å². The molecule has 2 aliphatic carbocycles. The number of benzene rings is 8. The minimum atomic E-state index is -0.273. The average Bonchev–Trinajstić information content (AvgIpc) is 0.848. The highest BCUT2D eigenvalue weighted by Crippen LogP contribution is 2.54. The van der Waals surface area contributed by atoms with Crippen LogP contribution in [0.5, 0.6) is 0 Å². The van der Waals surface area contributed by atoms with Gasteiger partial charge in [0.05, 0.1) is 5.69 Å². The zero-order chi connectivity index (χ0) is 58.6. The van der Waals surface area contributed by atoms with E-state index in [1.54, 1.807) is 0 Å². The van der Waals surface area contributed by atoms with Crippen molar-refractivity contribution in [2.45, 2.75) is 201 Å². The molecule has 0 radical (unpaired) electrons. The van der Waals surface area contributed by atoms with Crippen molar-refractivity contribution in [2.24, 2.45) is 0 Å². The quantitative estimate of drug-likeness (QED) is 0.153. The number of fused-ring (bicyclic) bond motifs is 6. The van der Waals surface area contributed by atoms with Crippen molar-refractivity contribution in [3.63, 3.8) is 0 Å². The Morgan fingerprint density at radius 1 is 0.329 bits per heavy atom. The fraction of sp³-hybridized carbons (Fsp3) is 0.392. The molecule has 0 unspecified atom stereocenters. The normalized spacial score (nSPS) is 17.6. The summed E-state index contributed by atoms with van der Waals surface area (Å²) >= 11 is 0. The van der Waals surface area contributed by atoms with Gasteiger partial charge in [-0.3, -0.25) is 0 Å². The summed E-state index contributed by atoms with van der Waals surface area (Å²) in [6.07, 6.45) is 4.67. The van der Waals surface area contributed by atoms with E-state index in [4.69, 9.17) is 0 Å². The van der Waals surface area contributed by atoms with E-state index in [0.717, 1.165) is 12.8 Å². The zero-order valence-electron chi connectivity index (χ0n) is 53.3. The first-order valence-corrected chi connectivity index (χ1v) is 30.9. The zero-order valence-corrected chi connectivity index (χ0v) is 53.3. The summed E-state index contributed by atoms with van der Waals surface area (Å²) in [5.74, 6) is 0. The number of hydrogen-bond acceptors (Lipinski definition) is 2. The molecule has 0 amide bonds. The Bertz CT molecular complexity index is 3820. The van der Waals surface area contributed by atoms with Crippen molar-refractivity contribution in [3.8, 4) is 22.3 Å². The van der Waals surface area contributed by atoms with Crippen LogP contribution in [0, 0.1) is 0 Å². The molecule has 420 valence electrons. The number of anilines is 6. The van der Waals surface area contributed by atoms with Gasteiger partial charge >= 0.3 is 0 Å². The third-order valence-electron chi connectivity index (χ3n) is 20.6. The second-order valence-electron chi connectivity index (χ2n) is 31.7. The first-order valence-electron chi connectivity index (χ1n) is 30.9. The van der Waals surface area contributed by atoms with Crippen LogP contribution in [0.2, 0.25) is 0 Å². The summed E-state index contributed by atoms with van der Waals surface area (Å²) in [5, 5.41) is 0. The van der Waals surface area contributed by atoms with E-state index in [9.17, 15) is 0 Å². The minimum absolute atomic E-state index is 0.0214. The van der Waals surface area contributed by atoms with Gasteiger partial charge in [-0.1, -0.05) is 241 Å². The first-order chi connectivity index (χ1) is 38.3. The SMILES string of the molecule is CC(C)(C)c1ccc(-c2ccc(-c3cc(C(C)(C)C)ccc3N3c4cc(C(C)(C)c5ccccc5)ccc4B4c5cc6c(cc5N(c5ccc7c(c5)C(C)(C)CCC7(C)C)c5cc(C(C)(C)C)cc3c54)C(C)(C)CCC6(C)C)cc2)cc1. The van der Waals surface area contributed by atoms with Crippen LogP contribution in [0.4, 0.5) is 34.1 Å². The van der Waals surface area contributed by atoms with Crippen LogP contribution in [0.1, 0.15) is 207 Å². The first kappa shape index (κ1) is 55.9. The summed E-state index contributed by atoms with van der Waals surface area (Å²) in [6.45, 7) is 45.9. The van der Waals surface area contributed by atoms with Crippen LogP contribution in [0.3, 0.4) is 0 Å². The summed E-state index contributed by atoms with van der Waals surface area (Å²) < 4.78 is 0. The average molecular weight is 1080 g/mol. The predicted octanol–water partition coefficient (Wildman–Crippen LogP) is 20.0. The largest absolute Gasteiger partial charge is 0.311 e. The molecule has 8 aromatic rings. The molecular formula is C79H91BN2.